The van der Waals surface area contributed by atoms with Gasteiger partial charge >= 0.3 is 0 Å². The Kier molecular flexibility index (Phi) is 8.50. The zero-order valence-corrected chi connectivity index (χ0v) is 23.8. The van der Waals surface area contributed by atoms with Crippen LogP contribution in [0, 0.1) is 18.3 Å². The number of ether oxygens (including phenoxy) is 2. The number of fused-ring (bicyclic) bond motifs is 1. The Morgan fingerprint density at radius 1 is 1.21 bits per heavy atom. The molecule has 1 heterocycles. The summed E-state index contributed by atoms with van der Waals surface area (Å²) in [5.41, 5.74) is 3.43. The lowest BCUT2D eigenvalue weighted by Crippen LogP contribution is -2.21. The largest absolute Gasteiger partial charge is 0.494 e. The molecule has 3 aromatic carbocycles. The van der Waals surface area contributed by atoms with E-state index in [1.807, 2.05) is 44.2 Å². The van der Waals surface area contributed by atoms with Crippen LogP contribution in [0.3, 0.4) is 0 Å². The van der Waals surface area contributed by atoms with Gasteiger partial charge < -0.3 is 9.47 Å². The number of rotatable bonds is 8. The van der Waals surface area contributed by atoms with E-state index in [0.29, 0.717) is 44.1 Å². The molecule has 0 aliphatic carbocycles. The Bertz CT molecular complexity index is 1640. The number of nitrogens with zero attached hydrogens (tertiary/aromatic N) is 4. The molecule has 194 valence electrons. The van der Waals surface area contributed by atoms with E-state index in [-0.39, 0.29) is 18.1 Å². The fourth-order valence-electron chi connectivity index (χ4n) is 4.13. The van der Waals surface area contributed by atoms with Gasteiger partial charge in [0.05, 0.1) is 28.2 Å². The number of nitriles is 1. The van der Waals surface area contributed by atoms with Crippen LogP contribution >= 0.6 is 27.5 Å². The molecule has 0 N–H and O–H groups in total. The molecule has 4 aromatic rings. The van der Waals surface area contributed by atoms with E-state index in [1.165, 1.54) is 10.9 Å². The van der Waals surface area contributed by atoms with Crippen molar-refractivity contribution in [1.82, 2.24) is 9.66 Å². The average Bonchev–Trinajstić information content (AvgIpc) is 2.87. The monoisotopic (exact) mass is 592 g/mol. The van der Waals surface area contributed by atoms with Crippen molar-refractivity contribution >= 4 is 44.6 Å². The number of benzene rings is 3. The zero-order valence-electron chi connectivity index (χ0n) is 21.5. The number of aromatic nitrogens is 2. The number of hydrogen-bond donors (Lipinski definition) is 0. The van der Waals surface area contributed by atoms with Crippen LogP contribution in [-0.4, -0.2) is 29.1 Å². The summed E-state index contributed by atoms with van der Waals surface area (Å²) in [6.45, 7) is 8.48. The van der Waals surface area contributed by atoms with E-state index in [4.69, 9.17) is 31.3 Å². The first kappa shape index (κ1) is 27.4. The van der Waals surface area contributed by atoms with Gasteiger partial charge in [0.25, 0.3) is 5.56 Å². The highest BCUT2D eigenvalue weighted by molar-refractivity contribution is 9.10. The molecule has 0 unspecified atom stereocenters. The first-order chi connectivity index (χ1) is 18.2. The van der Waals surface area contributed by atoms with E-state index >= 15 is 0 Å². The Labute approximate surface area is 234 Å². The molecule has 0 saturated heterocycles. The Morgan fingerprint density at radius 2 is 1.97 bits per heavy atom. The maximum Gasteiger partial charge on any atom is 0.282 e. The van der Waals surface area contributed by atoms with Crippen molar-refractivity contribution in [1.29, 1.82) is 5.26 Å². The van der Waals surface area contributed by atoms with Gasteiger partial charge in [0, 0.05) is 16.1 Å². The molecular formula is C29H26BrClN4O3. The fraction of sp³-hybridized carbons (Fsp3) is 0.241. The first-order valence-corrected chi connectivity index (χ1v) is 13.2. The highest BCUT2D eigenvalue weighted by atomic mass is 79.9. The van der Waals surface area contributed by atoms with Gasteiger partial charge in [0.15, 0.2) is 12.4 Å². The second kappa shape index (κ2) is 11.8. The minimum Gasteiger partial charge on any atom is -0.494 e. The molecule has 0 bridgehead atoms. The SMILES string of the molecule is CCOc1cc(C)c(-c2nc3ccccc3c(=O)n2N=Cc2cc(Cl)cc(Br)c2OCC#N)cc1C(C)C. The van der Waals surface area contributed by atoms with Crippen molar-refractivity contribution in [2.24, 2.45) is 5.10 Å². The lowest BCUT2D eigenvalue weighted by Gasteiger charge is -2.18. The highest BCUT2D eigenvalue weighted by Gasteiger charge is 2.19. The third kappa shape index (κ3) is 5.59. The molecule has 0 spiro atoms. The number of para-hydroxylation sites is 1. The van der Waals surface area contributed by atoms with Gasteiger partial charge in [-0.1, -0.05) is 37.6 Å². The molecular weight excluding hydrogens is 568 g/mol. The summed E-state index contributed by atoms with van der Waals surface area (Å²) in [5.74, 6) is 1.78. The minimum atomic E-state index is -0.318. The standard InChI is InChI=1S/C29H26BrClN4O3/c1-5-37-26-12-18(4)23(15-22(26)17(2)3)28-34-25-9-7-6-8-21(25)29(36)35(28)33-16-19-13-20(31)14-24(30)27(19)38-11-10-32/h6-9,12-17H,5,11H2,1-4H3. The smallest absolute Gasteiger partial charge is 0.282 e. The summed E-state index contributed by atoms with van der Waals surface area (Å²) < 4.78 is 13.3. The summed E-state index contributed by atoms with van der Waals surface area (Å²) in [6, 6.07) is 16.4. The van der Waals surface area contributed by atoms with Crippen LogP contribution in [0.4, 0.5) is 0 Å². The third-order valence-corrected chi connectivity index (χ3v) is 6.71. The van der Waals surface area contributed by atoms with E-state index in [1.54, 1.807) is 24.3 Å². The molecule has 1 aromatic heterocycles. The molecule has 0 amide bonds. The lowest BCUT2D eigenvalue weighted by atomic mass is 9.96. The second-order valence-electron chi connectivity index (χ2n) is 8.86. The normalized spacial score (nSPS) is 11.3. The summed E-state index contributed by atoms with van der Waals surface area (Å²) in [6.07, 6.45) is 1.48. The maximum absolute atomic E-state index is 13.7. The molecule has 0 radical (unpaired) electrons. The summed E-state index contributed by atoms with van der Waals surface area (Å²) in [7, 11) is 0. The van der Waals surface area contributed by atoms with Crippen molar-refractivity contribution in [3.05, 3.63) is 85.1 Å². The minimum absolute atomic E-state index is 0.160. The molecule has 0 aliphatic heterocycles. The van der Waals surface area contributed by atoms with Crippen molar-refractivity contribution in [3.8, 4) is 29.0 Å². The summed E-state index contributed by atoms with van der Waals surface area (Å²) in [5, 5.41) is 14.4. The summed E-state index contributed by atoms with van der Waals surface area (Å²) in [4.78, 5) is 18.6. The van der Waals surface area contributed by atoms with Gasteiger partial charge in [-0.05, 0) is 83.2 Å². The first-order valence-electron chi connectivity index (χ1n) is 12.1. The molecule has 7 nitrogen and oxygen atoms in total. The van der Waals surface area contributed by atoms with E-state index in [0.717, 1.165) is 22.4 Å². The van der Waals surface area contributed by atoms with Crippen LogP contribution < -0.4 is 15.0 Å². The predicted molar refractivity (Wildman–Crippen MR) is 155 cm³/mol. The van der Waals surface area contributed by atoms with Crippen LogP contribution in [0.25, 0.3) is 22.3 Å². The molecule has 0 aliphatic rings. The van der Waals surface area contributed by atoms with Crippen LogP contribution in [0.15, 0.2) is 62.9 Å². The molecule has 0 fully saturated rings. The van der Waals surface area contributed by atoms with Gasteiger partial charge in [-0.2, -0.15) is 15.0 Å². The Hall–Kier alpha value is -3.67. The van der Waals surface area contributed by atoms with Crippen molar-refractivity contribution in [3.63, 3.8) is 0 Å². The molecule has 9 heteroatoms. The predicted octanol–water partition coefficient (Wildman–Crippen LogP) is 7.09. The molecule has 0 atom stereocenters. The van der Waals surface area contributed by atoms with E-state index in [2.05, 4.69) is 34.9 Å². The lowest BCUT2D eigenvalue weighted by molar-refractivity contribution is 0.335. The Morgan fingerprint density at radius 3 is 2.68 bits per heavy atom. The number of hydrogen-bond acceptors (Lipinski definition) is 6. The van der Waals surface area contributed by atoms with Crippen LogP contribution in [0.1, 0.15) is 43.4 Å². The second-order valence-corrected chi connectivity index (χ2v) is 10.2. The van der Waals surface area contributed by atoms with Gasteiger partial charge in [0.2, 0.25) is 0 Å². The van der Waals surface area contributed by atoms with Crippen LogP contribution in [-0.2, 0) is 0 Å². The molecule has 38 heavy (non-hydrogen) atoms. The van der Waals surface area contributed by atoms with Crippen molar-refractivity contribution < 1.29 is 9.47 Å². The van der Waals surface area contributed by atoms with Crippen LogP contribution in [0.5, 0.6) is 11.5 Å². The van der Waals surface area contributed by atoms with E-state index < -0.39 is 0 Å². The zero-order chi connectivity index (χ0) is 27.4. The van der Waals surface area contributed by atoms with Gasteiger partial charge in [-0.15, -0.1) is 0 Å². The van der Waals surface area contributed by atoms with E-state index in [9.17, 15) is 4.79 Å². The van der Waals surface area contributed by atoms with Crippen molar-refractivity contribution in [2.75, 3.05) is 13.2 Å². The highest BCUT2D eigenvalue weighted by Crippen LogP contribution is 2.35. The van der Waals surface area contributed by atoms with Gasteiger partial charge in [-0.3, -0.25) is 4.79 Å². The third-order valence-electron chi connectivity index (χ3n) is 5.90. The topological polar surface area (TPSA) is 89.5 Å². The molecule has 4 rings (SSSR count). The fourth-order valence-corrected chi connectivity index (χ4v) is 5.08. The van der Waals surface area contributed by atoms with Crippen molar-refractivity contribution in [2.45, 2.75) is 33.6 Å². The Balaban J connectivity index is 1.98. The molecule has 0 saturated carbocycles. The maximum atomic E-state index is 13.7. The quantitative estimate of drug-likeness (QED) is 0.203. The number of halogens is 2. The average molecular weight is 594 g/mol. The van der Waals surface area contributed by atoms with Gasteiger partial charge in [0.1, 0.15) is 17.6 Å². The summed E-state index contributed by atoms with van der Waals surface area (Å²) >= 11 is 9.71. The number of aryl methyl sites for hydroxylation is 1. The van der Waals surface area contributed by atoms with Gasteiger partial charge in [-0.25, -0.2) is 4.98 Å². The van der Waals surface area contributed by atoms with Crippen LogP contribution in [0.2, 0.25) is 5.02 Å².